The second kappa shape index (κ2) is 12.8. The van der Waals surface area contributed by atoms with Gasteiger partial charge in [0.25, 0.3) is 0 Å². The van der Waals surface area contributed by atoms with Crippen molar-refractivity contribution in [1.29, 1.82) is 0 Å². The molecule has 194 valence electrons. The minimum Gasteiger partial charge on any atom is -0.369 e. The number of piperazine rings is 1. The summed E-state index contributed by atoms with van der Waals surface area (Å²) < 4.78 is 0. The molecule has 4 rings (SSSR count). The molecule has 1 saturated heterocycles. The van der Waals surface area contributed by atoms with Crippen LogP contribution in [0.25, 0.3) is 11.3 Å². The Balaban J connectivity index is 1.47. The second-order valence-corrected chi connectivity index (χ2v) is 9.90. The van der Waals surface area contributed by atoms with Crippen molar-refractivity contribution in [3.8, 4) is 11.3 Å². The van der Waals surface area contributed by atoms with E-state index in [0.29, 0.717) is 23.1 Å². The Labute approximate surface area is 224 Å². The van der Waals surface area contributed by atoms with Gasteiger partial charge in [0.2, 0.25) is 5.95 Å². The van der Waals surface area contributed by atoms with Crippen LogP contribution in [-0.2, 0) is 11.2 Å². The monoisotopic (exact) mass is 518 g/mol. The summed E-state index contributed by atoms with van der Waals surface area (Å²) in [5.41, 5.74) is 4.50. The molecule has 0 amide bonds. The van der Waals surface area contributed by atoms with Gasteiger partial charge in [-0.15, -0.1) is 0 Å². The molecular formula is C29H35ClN6O. The van der Waals surface area contributed by atoms with Gasteiger partial charge in [-0.25, -0.2) is 9.97 Å². The lowest BCUT2D eigenvalue weighted by Crippen LogP contribution is -2.46. The Morgan fingerprint density at radius 3 is 2.65 bits per heavy atom. The normalized spacial score (nSPS) is 14.5. The van der Waals surface area contributed by atoms with Crippen molar-refractivity contribution in [1.82, 2.24) is 19.8 Å². The Morgan fingerprint density at radius 2 is 1.89 bits per heavy atom. The van der Waals surface area contributed by atoms with Gasteiger partial charge in [0.1, 0.15) is 0 Å². The standard InChI is InChI=1S/C29H35ClN6O/c1-4-35-14-16-36(17-15-35)25-11-6-10-24(20-25)32-29-31-21-27(30)28(33-29)23-9-5-8-22(18-23)19-26(37)12-7-13-34(2)3/h5-12,18,20-21H,4,13-17,19H2,1-3H3,(H,31,32,33)/b12-7+. The minimum absolute atomic E-state index is 0.0612. The number of ketones is 1. The van der Waals surface area contributed by atoms with Crippen molar-refractivity contribution in [3.05, 3.63) is 77.5 Å². The molecule has 0 saturated carbocycles. The number of rotatable bonds is 10. The van der Waals surface area contributed by atoms with Gasteiger partial charge in [-0.1, -0.05) is 48.9 Å². The molecule has 1 fully saturated rings. The third kappa shape index (κ3) is 7.61. The first-order valence-corrected chi connectivity index (χ1v) is 13.1. The summed E-state index contributed by atoms with van der Waals surface area (Å²) in [6, 6.07) is 16.1. The lowest BCUT2D eigenvalue weighted by molar-refractivity contribution is -0.114. The molecule has 1 aliphatic heterocycles. The van der Waals surface area contributed by atoms with E-state index >= 15 is 0 Å². The molecular weight excluding hydrogens is 484 g/mol. The van der Waals surface area contributed by atoms with Crippen LogP contribution in [0.15, 0.2) is 66.9 Å². The fourth-order valence-electron chi connectivity index (χ4n) is 4.35. The van der Waals surface area contributed by atoms with Crippen molar-refractivity contribution in [3.63, 3.8) is 0 Å². The molecule has 1 N–H and O–H groups in total. The average molecular weight is 519 g/mol. The molecule has 37 heavy (non-hydrogen) atoms. The highest BCUT2D eigenvalue weighted by molar-refractivity contribution is 6.32. The number of benzene rings is 2. The highest BCUT2D eigenvalue weighted by atomic mass is 35.5. The number of anilines is 3. The largest absolute Gasteiger partial charge is 0.369 e. The highest BCUT2D eigenvalue weighted by Crippen LogP contribution is 2.29. The van der Waals surface area contributed by atoms with Crippen LogP contribution in [0.3, 0.4) is 0 Å². The summed E-state index contributed by atoms with van der Waals surface area (Å²) >= 11 is 6.49. The first-order valence-electron chi connectivity index (χ1n) is 12.7. The lowest BCUT2D eigenvalue weighted by atomic mass is 10.0. The molecule has 7 nitrogen and oxygen atoms in total. The van der Waals surface area contributed by atoms with Crippen molar-refractivity contribution in [2.45, 2.75) is 13.3 Å². The molecule has 3 aromatic rings. The van der Waals surface area contributed by atoms with Gasteiger partial charge in [0.15, 0.2) is 5.78 Å². The minimum atomic E-state index is 0.0612. The van der Waals surface area contributed by atoms with E-state index in [-0.39, 0.29) is 5.78 Å². The predicted octanol–water partition coefficient (Wildman–Crippen LogP) is 4.91. The number of nitrogens with zero attached hydrogens (tertiary/aromatic N) is 5. The van der Waals surface area contributed by atoms with E-state index in [4.69, 9.17) is 16.6 Å². The number of aromatic nitrogens is 2. The van der Waals surface area contributed by atoms with Crippen LogP contribution in [0.4, 0.5) is 17.3 Å². The predicted molar refractivity (Wildman–Crippen MR) is 153 cm³/mol. The number of likely N-dealkylation sites (N-methyl/N-ethyl adjacent to an activating group) is 2. The SMILES string of the molecule is CCN1CCN(c2cccc(Nc3ncc(Cl)c(-c4cccc(CC(=O)/C=C/CN(C)C)c4)n3)c2)CC1. The van der Waals surface area contributed by atoms with E-state index < -0.39 is 0 Å². The maximum atomic E-state index is 12.4. The second-order valence-electron chi connectivity index (χ2n) is 9.49. The zero-order valence-electron chi connectivity index (χ0n) is 21.8. The molecule has 8 heteroatoms. The van der Waals surface area contributed by atoms with Gasteiger partial charge < -0.3 is 20.0 Å². The summed E-state index contributed by atoms with van der Waals surface area (Å²) in [5.74, 6) is 0.534. The van der Waals surface area contributed by atoms with Crippen molar-refractivity contribution < 1.29 is 4.79 Å². The van der Waals surface area contributed by atoms with E-state index in [1.807, 2.05) is 61.5 Å². The van der Waals surface area contributed by atoms with Crippen LogP contribution in [0.5, 0.6) is 0 Å². The van der Waals surface area contributed by atoms with E-state index in [0.717, 1.165) is 56.1 Å². The Bertz CT molecular complexity index is 1240. The van der Waals surface area contributed by atoms with E-state index in [1.54, 1.807) is 12.3 Å². The van der Waals surface area contributed by atoms with E-state index in [9.17, 15) is 4.79 Å². The van der Waals surface area contributed by atoms with Crippen molar-refractivity contribution in [2.75, 3.05) is 63.6 Å². The fraction of sp³-hybridized carbons (Fsp3) is 0.345. The molecule has 2 heterocycles. The molecule has 0 atom stereocenters. The van der Waals surface area contributed by atoms with Crippen molar-refractivity contribution in [2.24, 2.45) is 0 Å². The van der Waals surface area contributed by atoms with Gasteiger partial charge >= 0.3 is 0 Å². The fourth-order valence-corrected chi connectivity index (χ4v) is 4.55. The van der Waals surface area contributed by atoms with Crippen molar-refractivity contribution >= 4 is 34.7 Å². The molecule has 0 unspecified atom stereocenters. The third-order valence-electron chi connectivity index (χ3n) is 6.38. The van der Waals surface area contributed by atoms with Crippen LogP contribution < -0.4 is 10.2 Å². The third-order valence-corrected chi connectivity index (χ3v) is 6.66. The Morgan fingerprint density at radius 1 is 1.11 bits per heavy atom. The van der Waals surface area contributed by atoms with Crippen LogP contribution >= 0.6 is 11.6 Å². The zero-order chi connectivity index (χ0) is 26.2. The van der Waals surface area contributed by atoms with Gasteiger partial charge in [-0.2, -0.15) is 0 Å². The Hall–Kier alpha value is -3.26. The topological polar surface area (TPSA) is 64.6 Å². The number of halogens is 1. The summed E-state index contributed by atoms with van der Waals surface area (Å²) in [6.45, 7) is 8.23. The van der Waals surface area contributed by atoms with Crippen LogP contribution in [0, 0.1) is 0 Å². The number of allylic oxidation sites excluding steroid dienone is 1. The van der Waals surface area contributed by atoms with Gasteiger partial charge in [-0.05, 0) is 56.5 Å². The number of hydrogen-bond donors (Lipinski definition) is 1. The summed E-state index contributed by atoms with van der Waals surface area (Å²) in [4.78, 5) is 28.4. The Kier molecular flexibility index (Phi) is 9.28. The maximum Gasteiger partial charge on any atom is 0.227 e. The van der Waals surface area contributed by atoms with Crippen LogP contribution in [0.2, 0.25) is 5.02 Å². The number of nitrogens with one attached hydrogen (secondary N) is 1. The molecule has 1 aromatic heterocycles. The molecule has 0 spiro atoms. The number of hydrogen-bond acceptors (Lipinski definition) is 7. The molecule has 0 aliphatic carbocycles. The first-order chi connectivity index (χ1) is 17.9. The van der Waals surface area contributed by atoms with Gasteiger partial charge in [0, 0.05) is 56.1 Å². The molecule has 0 radical (unpaired) electrons. The summed E-state index contributed by atoms with van der Waals surface area (Å²) in [6.07, 6.45) is 5.46. The summed E-state index contributed by atoms with van der Waals surface area (Å²) in [7, 11) is 3.94. The lowest BCUT2D eigenvalue weighted by Gasteiger charge is -2.35. The molecule has 2 aromatic carbocycles. The average Bonchev–Trinajstić information content (AvgIpc) is 2.90. The maximum absolute atomic E-state index is 12.4. The molecule has 1 aliphatic rings. The van der Waals surface area contributed by atoms with E-state index in [2.05, 4.69) is 39.2 Å². The molecule has 0 bridgehead atoms. The summed E-state index contributed by atoms with van der Waals surface area (Å²) in [5, 5.41) is 3.80. The van der Waals surface area contributed by atoms with Crippen LogP contribution in [-0.4, -0.2) is 78.9 Å². The quantitative estimate of drug-likeness (QED) is 0.382. The highest BCUT2D eigenvalue weighted by Gasteiger charge is 2.16. The first kappa shape index (κ1) is 26.8. The zero-order valence-corrected chi connectivity index (χ0v) is 22.6. The smallest absolute Gasteiger partial charge is 0.227 e. The van der Waals surface area contributed by atoms with Gasteiger partial charge in [-0.3, -0.25) is 4.79 Å². The van der Waals surface area contributed by atoms with Crippen LogP contribution in [0.1, 0.15) is 12.5 Å². The number of carbonyl (C=O) groups is 1. The van der Waals surface area contributed by atoms with Gasteiger partial charge in [0.05, 0.1) is 16.9 Å². The number of carbonyl (C=O) groups excluding carboxylic acids is 1. The van der Waals surface area contributed by atoms with E-state index in [1.165, 1.54) is 5.69 Å².